The second-order valence-corrected chi connectivity index (χ2v) is 7.10. The molecule has 0 unspecified atom stereocenters. The number of halogens is 3. The number of H-pyrrole nitrogens is 1. The van der Waals surface area contributed by atoms with Crippen LogP contribution in [0.2, 0.25) is 0 Å². The predicted molar refractivity (Wildman–Crippen MR) is 109 cm³/mol. The Morgan fingerprint density at radius 3 is 2.29 bits per heavy atom. The van der Waals surface area contributed by atoms with Crippen LogP contribution in [0.5, 0.6) is 11.8 Å². The Kier molecular flexibility index (Phi) is 6.10. The van der Waals surface area contributed by atoms with E-state index in [4.69, 9.17) is 18.9 Å². The van der Waals surface area contributed by atoms with Crippen LogP contribution in [0, 0.1) is 0 Å². The molecule has 0 spiro atoms. The largest absolute Gasteiger partial charge is 0.480 e. The third-order valence-electron chi connectivity index (χ3n) is 4.95. The standard InChI is InChI=1S/C20H19F3N6O5/c1-19(33-6-7-34-19)14-13(11-5-4-10(8-24-11)20(21,22)23)27-18(28-14)29-15(30)12-16(31-2)25-9-26-17(12)32-3/h4-5,8-9H,6-7H2,1-3H3,(H2,27,28,29,30). The molecule has 1 aliphatic heterocycles. The second-order valence-electron chi connectivity index (χ2n) is 7.10. The maximum absolute atomic E-state index is 13.0. The Bertz CT molecular complexity index is 1170. The van der Waals surface area contributed by atoms with Crippen molar-refractivity contribution in [2.45, 2.75) is 18.9 Å². The molecule has 34 heavy (non-hydrogen) atoms. The van der Waals surface area contributed by atoms with Gasteiger partial charge in [-0.05, 0) is 19.1 Å². The van der Waals surface area contributed by atoms with Crippen molar-refractivity contribution in [1.29, 1.82) is 0 Å². The summed E-state index contributed by atoms with van der Waals surface area (Å²) in [6.07, 6.45) is -2.68. The molecule has 0 radical (unpaired) electrons. The van der Waals surface area contributed by atoms with Crippen molar-refractivity contribution < 1.29 is 36.9 Å². The smallest absolute Gasteiger partial charge is 0.417 e. The topological polar surface area (TPSA) is 133 Å². The highest BCUT2D eigenvalue weighted by Gasteiger charge is 2.39. The molecule has 2 N–H and O–H groups in total. The average Bonchev–Trinajstić information content (AvgIpc) is 3.45. The van der Waals surface area contributed by atoms with Crippen LogP contribution in [0.1, 0.15) is 28.5 Å². The number of carbonyl (C=O) groups excluding carboxylic acids is 1. The molecular formula is C20H19F3N6O5. The molecule has 0 aliphatic carbocycles. The Hall–Kier alpha value is -3.78. The van der Waals surface area contributed by atoms with Crippen LogP contribution in [0.3, 0.4) is 0 Å². The van der Waals surface area contributed by atoms with Gasteiger partial charge in [-0.3, -0.25) is 15.1 Å². The van der Waals surface area contributed by atoms with Crippen molar-refractivity contribution in [3.8, 4) is 23.1 Å². The Morgan fingerprint density at radius 1 is 1.12 bits per heavy atom. The fourth-order valence-electron chi connectivity index (χ4n) is 3.34. The third kappa shape index (κ3) is 4.36. The van der Waals surface area contributed by atoms with E-state index in [1.807, 2.05) is 0 Å². The Balaban J connectivity index is 1.73. The summed E-state index contributed by atoms with van der Waals surface area (Å²) in [5.41, 5.74) is -0.491. The van der Waals surface area contributed by atoms with Crippen molar-refractivity contribution >= 4 is 11.9 Å². The van der Waals surface area contributed by atoms with E-state index in [1.54, 1.807) is 6.92 Å². The zero-order chi connectivity index (χ0) is 24.5. The molecule has 14 heteroatoms. The summed E-state index contributed by atoms with van der Waals surface area (Å²) in [5, 5.41) is 2.55. The maximum Gasteiger partial charge on any atom is 0.417 e. The van der Waals surface area contributed by atoms with Crippen molar-refractivity contribution in [3.63, 3.8) is 0 Å². The zero-order valence-electron chi connectivity index (χ0n) is 18.2. The summed E-state index contributed by atoms with van der Waals surface area (Å²) < 4.78 is 60.5. The number of alkyl halides is 3. The number of amides is 1. The number of nitrogens with zero attached hydrogens (tertiary/aromatic N) is 4. The molecule has 3 aromatic heterocycles. The molecule has 1 saturated heterocycles. The highest BCUT2D eigenvalue weighted by molar-refractivity contribution is 6.06. The van der Waals surface area contributed by atoms with Gasteiger partial charge in [-0.15, -0.1) is 0 Å². The van der Waals surface area contributed by atoms with Gasteiger partial charge in [-0.2, -0.15) is 13.2 Å². The number of methoxy groups -OCH3 is 2. The predicted octanol–water partition coefficient (Wildman–Crippen LogP) is 2.77. The number of rotatable bonds is 6. The van der Waals surface area contributed by atoms with Crippen LogP contribution in [-0.4, -0.2) is 58.3 Å². The normalized spacial score (nSPS) is 15.2. The number of anilines is 1. The third-order valence-corrected chi connectivity index (χ3v) is 4.95. The first-order chi connectivity index (χ1) is 16.2. The van der Waals surface area contributed by atoms with Crippen LogP contribution < -0.4 is 14.8 Å². The van der Waals surface area contributed by atoms with E-state index in [0.717, 1.165) is 6.07 Å². The number of pyridine rings is 1. The second kappa shape index (κ2) is 8.87. The molecule has 0 bridgehead atoms. The summed E-state index contributed by atoms with van der Waals surface area (Å²) in [7, 11) is 2.65. The van der Waals surface area contributed by atoms with E-state index in [-0.39, 0.29) is 53.6 Å². The molecule has 4 rings (SSSR count). The molecule has 3 aromatic rings. The lowest BCUT2D eigenvalue weighted by atomic mass is 10.1. The van der Waals surface area contributed by atoms with Crippen LogP contribution in [0.4, 0.5) is 19.1 Å². The van der Waals surface area contributed by atoms with E-state index in [0.29, 0.717) is 6.20 Å². The number of carbonyl (C=O) groups is 1. The van der Waals surface area contributed by atoms with Gasteiger partial charge in [-0.1, -0.05) is 0 Å². The minimum absolute atomic E-state index is 0.0322. The van der Waals surface area contributed by atoms with Gasteiger partial charge in [0.1, 0.15) is 17.7 Å². The van der Waals surface area contributed by atoms with E-state index in [2.05, 4.69) is 30.2 Å². The van der Waals surface area contributed by atoms with Gasteiger partial charge in [0.25, 0.3) is 5.91 Å². The highest BCUT2D eigenvalue weighted by atomic mass is 19.4. The molecule has 0 saturated carbocycles. The van der Waals surface area contributed by atoms with E-state index in [9.17, 15) is 18.0 Å². The summed E-state index contributed by atoms with van der Waals surface area (Å²) in [4.78, 5) is 31.9. The highest BCUT2D eigenvalue weighted by Crippen LogP contribution is 2.37. The molecular weight excluding hydrogens is 461 g/mol. The molecule has 1 fully saturated rings. The van der Waals surface area contributed by atoms with Gasteiger partial charge in [0.05, 0.1) is 38.7 Å². The van der Waals surface area contributed by atoms with Crippen molar-refractivity contribution in [2.24, 2.45) is 0 Å². The quantitative estimate of drug-likeness (QED) is 0.546. The Labute approximate surface area is 190 Å². The summed E-state index contributed by atoms with van der Waals surface area (Å²) in [6.45, 7) is 2.18. The van der Waals surface area contributed by atoms with Gasteiger partial charge in [0.2, 0.25) is 23.5 Å². The van der Waals surface area contributed by atoms with Gasteiger partial charge < -0.3 is 23.9 Å². The average molecular weight is 480 g/mol. The lowest BCUT2D eigenvalue weighted by Crippen LogP contribution is -2.24. The van der Waals surface area contributed by atoms with Gasteiger partial charge in [0.15, 0.2) is 5.56 Å². The SMILES string of the molecule is COc1ncnc(OC)c1C(=O)Nc1nc(-c2ccc(C(F)(F)F)cn2)c(C2(C)OCCO2)[nH]1. The van der Waals surface area contributed by atoms with Gasteiger partial charge >= 0.3 is 6.18 Å². The van der Waals surface area contributed by atoms with Crippen LogP contribution >= 0.6 is 0 Å². The molecule has 0 atom stereocenters. The fraction of sp³-hybridized carbons (Fsp3) is 0.350. The lowest BCUT2D eigenvalue weighted by molar-refractivity contribution is -0.152. The molecule has 180 valence electrons. The first-order valence-corrected chi connectivity index (χ1v) is 9.82. The fourth-order valence-corrected chi connectivity index (χ4v) is 3.34. The molecule has 4 heterocycles. The summed E-state index contributed by atoms with van der Waals surface area (Å²) in [6, 6.07) is 2.05. The summed E-state index contributed by atoms with van der Waals surface area (Å²) in [5.74, 6) is -2.11. The molecule has 11 nitrogen and oxygen atoms in total. The van der Waals surface area contributed by atoms with E-state index < -0.39 is 23.4 Å². The van der Waals surface area contributed by atoms with Crippen molar-refractivity contribution in [1.82, 2.24) is 24.9 Å². The zero-order valence-corrected chi connectivity index (χ0v) is 18.2. The number of aromatic nitrogens is 5. The van der Waals surface area contributed by atoms with Crippen LogP contribution in [0.15, 0.2) is 24.7 Å². The number of imidazole rings is 1. The number of aromatic amines is 1. The molecule has 0 aromatic carbocycles. The first-order valence-electron chi connectivity index (χ1n) is 9.82. The first kappa shape index (κ1) is 23.4. The van der Waals surface area contributed by atoms with E-state index >= 15 is 0 Å². The molecule has 1 aliphatic rings. The van der Waals surface area contributed by atoms with E-state index in [1.165, 1.54) is 26.6 Å². The number of hydrogen-bond acceptors (Lipinski definition) is 9. The van der Waals surface area contributed by atoms with Crippen LogP contribution in [-0.2, 0) is 21.4 Å². The van der Waals surface area contributed by atoms with Gasteiger partial charge in [-0.25, -0.2) is 15.0 Å². The number of ether oxygens (including phenoxy) is 4. The maximum atomic E-state index is 13.0. The van der Waals surface area contributed by atoms with Crippen molar-refractivity contribution in [2.75, 3.05) is 32.8 Å². The minimum Gasteiger partial charge on any atom is -0.480 e. The lowest BCUT2D eigenvalue weighted by Gasteiger charge is -2.21. The minimum atomic E-state index is -4.54. The van der Waals surface area contributed by atoms with Crippen molar-refractivity contribution in [3.05, 3.63) is 41.5 Å². The van der Waals surface area contributed by atoms with Gasteiger partial charge in [0, 0.05) is 6.20 Å². The monoisotopic (exact) mass is 480 g/mol. The van der Waals surface area contributed by atoms with Crippen LogP contribution in [0.25, 0.3) is 11.4 Å². The number of nitrogens with one attached hydrogen (secondary N) is 2. The number of hydrogen-bond donors (Lipinski definition) is 2. The molecule has 1 amide bonds. The Morgan fingerprint density at radius 2 is 1.76 bits per heavy atom. The summed E-state index contributed by atoms with van der Waals surface area (Å²) >= 11 is 0.